The third kappa shape index (κ3) is 3.04. The van der Waals surface area contributed by atoms with Gasteiger partial charge in [-0.15, -0.1) is 11.8 Å². The zero-order chi connectivity index (χ0) is 16.7. The van der Waals surface area contributed by atoms with E-state index in [-0.39, 0.29) is 5.56 Å². The maximum Gasteiger partial charge on any atom is 0.272 e. The number of hydrogen-bond donors (Lipinski definition) is 0. The number of hydrogen-bond acceptors (Lipinski definition) is 4. The van der Waals surface area contributed by atoms with Gasteiger partial charge in [0.15, 0.2) is 5.16 Å². The fourth-order valence-electron chi connectivity index (χ4n) is 3.46. The van der Waals surface area contributed by atoms with Crippen molar-refractivity contribution in [1.82, 2.24) is 9.55 Å². The number of aromatic nitrogens is 2. The fourth-order valence-corrected chi connectivity index (χ4v) is 5.88. The molecule has 0 bridgehead atoms. The Morgan fingerprint density at radius 2 is 1.92 bits per heavy atom. The lowest BCUT2D eigenvalue weighted by Gasteiger charge is -2.16. The number of thioether (sulfide) groups is 2. The van der Waals surface area contributed by atoms with E-state index in [1.54, 1.807) is 23.5 Å². The maximum absolute atomic E-state index is 13.2. The molecule has 5 heteroatoms. The first-order chi connectivity index (χ1) is 11.6. The molecule has 1 atom stereocenters. The lowest BCUT2D eigenvalue weighted by molar-refractivity contribution is 0.725. The number of fused-ring (bicyclic) bond motifs is 1. The van der Waals surface area contributed by atoms with Crippen molar-refractivity contribution in [1.29, 1.82) is 0 Å². The third-order valence-electron chi connectivity index (χ3n) is 4.75. The molecule has 1 aromatic carbocycles. The van der Waals surface area contributed by atoms with Crippen molar-refractivity contribution in [2.45, 2.75) is 66.5 Å². The van der Waals surface area contributed by atoms with E-state index in [0.717, 1.165) is 27.9 Å². The minimum atomic E-state index is 0.110. The number of rotatable bonds is 3. The normalized spacial score (nSPS) is 20.5. The van der Waals surface area contributed by atoms with Crippen molar-refractivity contribution in [3.8, 4) is 5.69 Å². The Morgan fingerprint density at radius 1 is 1.21 bits per heavy atom. The van der Waals surface area contributed by atoms with Crippen LogP contribution in [0.15, 0.2) is 39.1 Å². The number of benzene rings is 1. The van der Waals surface area contributed by atoms with E-state index in [1.165, 1.54) is 31.2 Å². The molecular formula is C19H22N2OS2. The van der Waals surface area contributed by atoms with Gasteiger partial charge in [0.2, 0.25) is 0 Å². The van der Waals surface area contributed by atoms with Gasteiger partial charge in [0.25, 0.3) is 5.56 Å². The van der Waals surface area contributed by atoms with Gasteiger partial charge < -0.3 is 0 Å². The second-order valence-electron chi connectivity index (χ2n) is 6.80. The predicted molar refractivity (Wildman–Crippen MR) is 102 cm³/mol. The summed E-state index contributed by atoms with van der Waals surface area (Å²) in [5, 5.41) is 1.92. The van der Waals surface area contributed by atoms with Crippen LogP contribution in [0, 0.1) is 6.92 Å². The Kier molecular flexibility index (Phi) is 4.48. The van der Waals surface area contributed by atoms with Gasteiger partial charge in [0, 0.05) is 16.9 Å². The first-order valence-corrected chi connectivity index (χ1v) is 10.4. The molecule has 1 saturated carbocycles. The van der Waals surface area contributed by atoms with Crippen molar-refractivity contribution < 1.29 is 0 Å². The highest BCUT2D eigenvalue weighted by Gasteiger charge is 2.28. The minimum Gasteiger partial charge on any atom is -0.268 e. The van der Waals surface area contributed by atoms with E-state index in [2.05, 4.69) is 26.0 Å². The summed E-state index contributed by atoms with van der Waals surface area (Å²) in [6, 6.07) is 8.20. The molecule has 1 fully saturated rings. The maximum atomic E-state index is 13.2. The molecule has 24 heavy (non-hydrogen) atoms. The smallest absolute Gasteiger partial charge is 0.268 e. The van der Waals surface area contributed by atoms with Gasteiger partial charge in [-0.05, 0) is 31.9 Å². The zero-order valence-electron chi connectivity index (χ0n) is 14.1. The Balaban J connectivity index is 1.84. The molecule has 0 N–H and O–H groups in total. The second-order valence-corrected chi connectivity index (χ2v) is 9.52. The van der Waals surface area contributed by atoms with Gasteiger partial charge in [-0.25, -0.2) is 4.98 Å². The van der Waals surface area contributed by atoms with Crippen LogP contribution in [0.4, 0.5) is 0 Å². The van der Waals surface area contributed by atoms with Crippen LogP contribution in [0.1, 0.15) is 43.9 Å². The number of aryl methyl sites for hydroxylation is 1. The molecule has 1 aromatic heterocycles. The van der Waals surface area contributed by atoms with Gasteiger partial charge in [-0.2, -0.15) is 0 Å². The summed E-state index contributed by atoms with van der Waals surface area (Å²) in [6.45, 7) is 4.24. The van der Waals surface area contributed by atoms with E-state index in [0.29, 0.717) is 10.5 Å². The van der Waals surface area contributed by atoms with Gasteiger partial charge >= 0.3 is 0 Å². The molecule has 0 saturated heterocycles. The molecule has 1 unspecified atom stereocenters. The molecule has 2 aromatic rings. The summed E-state index contributed by atoms with van der Waals surface area (Å²) in [5.41, 5.74) is 3.25. The third-order valence-corrected chi connectivity index (χ3v) is 7.25. The SMILES string of the molecule is Cc1ccc(-n2c(SC3CCCC3)nc3c(c2=O)SC(C)C3)cc1. The Bertz CT molecular complexity index is 807. The van der Waals surface area contributed by atoms with Crippen LogP contribution in [0.2, 0.25) is 0 Å². The molecule has 4 rings (SSSR count). The highest BCUT2D eigenvalue weighted by Crippen LogP contribution is 2.38. The van der Waals surface area contributed by atoms with Crippen molar-refractivity contribution in [3.05, 3.63) is 45.9 Å². The molecule has 1 aliphatic carbocycles. The Morgan fingerprint density at radius 3 is 2.62 bits per heavy atom. The van der Waals surface area contributed by atoms with Gasteiger partial charge in [0.1, 0.15) is 0 Å². The van der Waals surface area contributed by atoms with E-state index in [4.69, 9.17) is 4.98 Å². The molecule has 2 aliphatic rings. The summed E-state index contributed by atoms with van der Waals surface area (Å²) >= 11 is 3.48. The van der Waals surface area contributed by atoms with Crippen molar-refractivity contribution >= 4 is 23.5 Å². The Hall–Kier alpha value is -1.20. The van der Waals surface area contributed by atoms with Crippen LogP contribution >= 0.6 is 23.5 Å². The van der Waals surface area contributed by atoms with E-state index in [1.807, 2.05) is 16.7 Å². The van der Waals surface area contributed by atoms with E-state index >= 15 is 0 Å². The molecule has 0 spiro atoms. The summed E-state index contributed by atoms with van der Waals surface area (Å²) in [6.07, 6.45) is 5.96. The van der Waals surface area contributed by atoms with E-state index in [9.17, 15) is 4.79 Å². The van der Waals surface area contributed by atoms with Crippen LogP contribution in [0.3, 0.4) is 0 Å². The van der Waals surface area contributed by atoms with Crippen LogP contribution in [0.25, 0.3) is 5.69 Å². The first-order valence-electron chi connectivity index (χ1n) is 8.68. The van der Waals surface area contributed by atoms with Crippen molar-refractivity contribution in [2.24, 2.45) is 0 Å². The topological polar surface area (TPSA) is 34.9 Å². The standard InChI is InChI=1S/C19H22N2OS2/c1-12-7-9-14(10-8-12)21-18(22)17-16(11-13(2)23-17)20-19(21)24-15-5-3-4-6-15/h7-10,13,15H,3-6,11H2,1-2H3. The summed E-state index contributed by atoms with van der Waals surface area (Å²) in [5.74, 6) is 0. The summed E-state index contributed by atoms with van der Waals surface area (Å²) in [4.78, 5) is 19.0. The highest BCUT2D eigenvalue weighted by molar-refractivity contribution is 8.00. The lowest BCUT2D eigenvalue weighted by Crippen LogP contribution is -2.24. The van der Waals surface area contributed by atoms with Crippen molar-refractivity contribution in [2.75, 3.05) is 0 Å². The van der Waals surface area contributed by atoms with E-state index < -0.39 is 0 Å². The highest BCUT2D eigenvalue weighted by atomic mass is 32.2. The molecule has 126 valence electrons. The average molecular weight is 359 g/mol. The molecule has 1 aliphatic heterocycles. The van der Waals surface area contributed by atoms with Gasteiger partial charge in [0.05, 0.1) is 16.3 Å². The van der Waals surface area contributed by atoms with Crippen LogP contribution in [0.5, 0.6) is 0 Å². The minimum absolute atomic E-state index is 0.110. The van der Waals surface area contributed by atoms with Gasteiger partial charge in [-0.1, -0.05) is 49.2 Å². The zero-order valence-corrected chi connectivity index (χ0v) is 15.8. The molecule has 0 radical (unpaired) electrons. The van der Waals surface area contributed by atoms with Crippen LogP contribution in [-0.2, 0) is 6.42 Å². The monoisotopic (exact) mass is 358 g/mol. The summed E-state index contributed by atoms with van der Waals surface area (Å²) in [7, 11) is 0. The quantitative estimate of drug-likeness (QED) is 0.750. The Labute approximate surface area is 151 Å². The second kappa shape index (κ2) is 6.60. The average Bonchev–Trinajstić information content (AvgIpc) is 3.18. The first kappa shape index (κ1) is 16.3. The molecule has 2 heterocycles. The fraction of sp³-hybridized carbons (Fsp3) is 0.474. The molecular weight excluding hydrogens is 336 g/mol. The van der Waals surface area contributed by atoms with Crippen molar-refractivity contribution in [3.63, 3.8) is 0 Å². The summed E-state index contributed by atoms with van der Waals surface area (Å²) < 4.78 is 1.84. The number of nitrogens with zero attached hydrogens (tertiary/aromatic N) is 2. The van der Waals surface area contributed by atoms with Crippen LogP contribution < -0.4 is 5.56 Å². The molecule has 0 amide bonds. The molecule has 3 nitrogen and oxygen atoms in total. The van der Waals surface area contributed by atoms with Gasteiger partial charge in [-0.3, -0.25) is 9.36 Å². The predicted octanol–water partition coefficient (Wildman–Crippen LogP) is 4.61. The lowest BCUT2D eigenvalue weighted by atomic mass is 10.2. The van der Waals surface area contributed by atoms with Crippen LogP contribution in [-0.4, -0.2) is 20.1 Å². The largest absolute Gasteiger partial charge is 0.272 e.